The quantitative estimate of drug-likeness (QED) is 0.382. The molecular formula is C14H18Br2O4. The standard InChI is InChI=1S/C14H18Br2O4/c1-9(2)12(18)20-8-7-14(13(16)19)6-4-3-5-10(14)11(15)17/h10H,1,3-8H2,2H3. The normalized spacial score (nSPS) is 25.9. The van der Waals surface area contributed by atoms with E-state index in [1.54, 1.807) is 6.92 Å². The van der Waals surface area contributed by atoms with Crippen molar-refractivity contribution >= 4 is 47.2 Å². The first kappa shape index (κ1) is 17.6. The van der Waals surface area contributed by atoms with Crippen LogP contribution in [0.4, 0.5) is 0 Å². The molecule has 0 aromatic rings. The van der Waals surface area contributed by atoms with Crippen molar-refractivity contribution in [2.24, 2.45) is 11.3 Å². The third kappa shape index (κ3) is 4.01. The highest BCUT2D eigenvalue weighted by molar-refractivity contribution is 9.18. The Morgan fingerprint density at radius 2 is 1.95 bits per heavy atom. The largest absolute Gasteiger partial charge is 0.462 e. The van der Waals surface area contributed by atoms with Crippen LogP contribution < -0.4 is 0 Å². The molecule has 0 aliphatic heterocycles. The molecule has 4 nitrogen and oxygen atoms in total. The van der Waals surface area contributed by atoms with Crippen molar-refractivity contribution in [3.05, 3.63) is 12.2 Å². The number of rotatable bonds is 6. The van der Waals surface area contributed by atoms with Crippen LogP contribution in [0, 0.1) is 11.3 Å². The minimum atomic E-state index is -0.784. The van der Waals surface area contributed by atoms with Gasteiger partial charge in [-0.2, -0.15) is 0 Å². The van der Waals surface area contributed by atoms with E-state index in [0.29, 0.717) is 24.8 Å². The monoisotopic (exact) mass is 408 g/mol. The predicted octanol–water partition coefficient (Wildman–Crippen LogP) is 3.52. The van der Waals surface area contributed by atoms with Crippen molar-refractivity contribution in [3.63, 3.8) is 0 Å². The van der Waals surface area contributed by atoms with E-state index in [0.717, 1.165) is 12.8 Å². The number of esters is 1. The average Bonchev–Trinajstić information content (AvgIpc) is 2.38. The molecule has 0 saturated heterocycles. The summed E-state index contributed by atoms with van der Waals surface area (Å²) < 4.78 is 4.73. The molecule has 1 aliphatic rings. The first-order valence-corrected chi connectivity index (χ1v) is 8.12. The van der Waals surface area contributed by atoms with Gasteiger partial charge in [0, 0.05) is 11.5 Å². The summed E-state index contributed by atoms with van der Waals surface area (Å²) in [5, 5.41) is 0. The van der Waals surface area contributed by atoms with E-state index in [1.165, 1.54) is 0 Å². The van der Waals surface area contributed by atoms with Crippen molar-refractivity contribution in [1.29, 1.82) is 0 Å². The highest BCUT2D eigenvalue weighted by Crippen LogP contribution is 2.47. The second kappa shape index (κ2) is 7.50. The van der Waals surface area contributed by atoms with Gasteiger partial charge in [-0.3, -0.25) is 9.59 Å². The molecule has 0 amide bonds. The number of hydrogen-bond acceptors (Lipinski definition) is 4. The molecule has 0 aromatic heterocycles. The molecule has 0 N–H and O–H groups in total. The topological polar surface area (TPSA) is 60.4 Å². The Labute approximate surface area is 135 Å². The third-order valence-electron chi connectivity index (χ3n) is 3.83. The Hall–Kier alpha value is -0.490. The SMILES string of the molecule is C=C(C)C(=O)OCCC1(C(=O)Br)CCCCC1C(=O)Br. The molecule has 112 valence electrons. The highest BCUT2D eigenvalue weighted by Gasteiger charge is 2.48. The molecular weight excluding hydrogens is 392 g/mol. The van der Waals surface area contributed by atoms with Crippen molar-refractivity contribution in [2.75, 3.05) is 6.61 Å². The Balaban J connectivity index is 2.80. The molecule has 0 heterocycles. The Morgan fingerprint density at radius 1 is 1.30 bits per heavy atom. The second-order valence-electron chi connectivity index (χ2n) is 5.20. The molecule has 0 bridgehead atoms. The minimum Gasteiger partial charge on any atom is -0.462 e. The number of hydrogen-bond donors (Lipinski definition) is 0. The van der Waals surface area contributed by atoms with Gasteiger partial charge in [-0.1, -0.05) is 19.4 Å². The van der Waals surface area contributed by atoms with Gasteiger partial charge in [-0.15, -0.1) is 0 Å². The zero-order chi connectivity index (χ0) is 15.3. The molecule has 2 unspecified atom stereocenters. The number of halogens is 2. The molecule has 1 saturated carbocycles. The van der Waals surface area contributed by atoms with Crippen LogP contribution >= 0.6 is 31.9 Å². The van der Waals surface area contributed by atoms with E-state index in [1.807, 2.05) is 0 Å². The second-order valence-corrected chi connectivity index (χ2v) is 6.70. The first-order valence-electron chi connectivity index (χ1n) is 6.53. The highest BCUT2D eigenvalue weighted by atomic mass is 79.9. The lowest BCUT2D eigenvalue weighted by Crippen LogP contribution is -2.42. The fourth-order valence-corrected chi connectivity index (χ4v) is 3.99. The van der Waals surface area contributed by atoms with E-state index >= 15 is 0 Å². The van der Waals surface area contributed by atoms with Crippen molar-refractivity contribution < 1.29 is 19.1 Å². The van der Waals surface area contributed by atoms with E-state index in [2.05, 4.69) is 38.4 Å². The molecule has 20 heavy (non-hydrogen) atoms. The van der Waals surface area contributed by atoms with Crippen LogP contribution in [0.25, 0.3) is 0 Å². The molecule has 1 fully saturated rings. The van der Waals surface area contributed by atoms with Gasteiger partial charge in [0.2, 0.25) is 9.39 Å². The summed E-state index contributed by atoms with van der Waals surface area (Å²) in [6, 6.07) is 0. The maximum atomic E-state index is 12.0. The van der Waals surface area contributed by atoms with Crippen LogP contribution in [0.1, 0.15) is 39.0 Å². The molecule has 1 rings (SSSR count). The lowest BCUT2D eigenvalue weighted by Gasteiger charge is -2.39. The van der Waals surface area contributed by atoms with Gasteiger partial charge in [0.25, 0.3) is 0 Å². The van der Waals surface area contributed by atoms with Gasteiger partial charge in [0.15, 0.2) is 0 Å². The number of carbonyl (C=O) groups is 3. The molecule has 2 atom stereocenters. The van der Waals surface area contributed by atoms with Crippen LogP contribution in [0.15, 0.2) is 12.2 Å². The fraction of sp³-hybridized carbons (Fsp3) is 0.643. The van der Waals surface area contributed by atoms with Crippen LogP contribution in [-0.4, -0.2) is 22.0 Å². The van der Waals surface area contributed by atoms with Gasteiger partial charge in [0.1, 0.15) is 0 Å². The smallest absolute Gasteiger partial charge is 0.333 e. The fourth-order valence-electron chi connectivity index (χ4n) is 2.65. The van der Waals surface area contributed by atoms with Crippen molar-refractivity contribution in [2.45, 2.75) is 39.0 Å². The van der Waals surface area contributed by atoms with Gasteiger partial charge in [-0.05, 0) is 58.0 Å². The summed E-state index contributed by atoms with van der Waals surface area (Å²) in [6.07, 6.45) is 3.47. The molecule has 6 heteroatoms. The van der Waals surface area contributed by atoms with Crippen LogP contribution in [0.2, 0.25) is 0 Å². The maximum Gasteiger partial charge on any atom is 0.333 e. The van der Waals surface area contributed by atoms with Gasteiger partial charge in [0.05, 0.1) is 12.0 Å². The van der Waals surface area contributed by atoms with Gasteiger partial charge in [-0.25, -0.2) is 4.79 Å². The Bertz CT molecular complexity index is 433. The van der Waals surface area contributed by atoms with Crippen LogP contribution in [0.5, 0.6) is 0 Å². The summed E-state index contributed by atoms with van der Waals surface area (Å²) in [6.45, 7) is 5.18. The summed E-state index contributed by atoms with van der Waals surface area (Å²) in [7, 11) is 0. The zero-order valence-corrected chi connectivity index (χ0v) is 14.6. The molecule has 0 aromatic carbocycles. The van der Waals surface area contributed by atoms with E-state index in [4.69, 9.17) is 4.74 Å². The zero-order valence-electron chi connectivity index (χ0n) is 11.4. The lowest BCUT2D eigenvalue weighted by atomic mass is 9.66. The summed E-state index contributed by atoms with van der Waals surface area (Å²) in [4.78, 5) is 35.2. The van der Waals surface area contributed by atoms with Crippen molar-refractivity contribution in [3.8, 4) is 0 Å². The van der Waals surface area contributed by atoms with Crippen molar-refractivity contribution in [1.82, 2.24) is 0 Å². The summed E-state index contributed by atoms with van der Waals surface area (Å²) in [5.74, 6) is -0.841. The average molecular weight is 410 g/mol. The molecule has 0 spiro atoms. The third-order valence-corrected chi connectivity index (χ3v) is 5.17. The summed E-state index contributed by atoms with van der Waals surface area (Å²) >= 11 is 6.02. The van der Waals surface area contributed by atoms with Gasteiger partial charge >= 0.3 is 5.97 Å². The minimum absolute atomic E-state index is 0.111. The van der Waals surface area contributed by atoms with E-state index < -0.39 is 11.4 Å². The van der Waals surface area contributed by atoms with E-state index in [9.17, 15) is 14.4 Å². The van der Waals surface area contributed by atoms with Crippen LogP contribution in [-0.2, 0) is 19.1 Å². The molecule has 1 aliphatic carbocycles. The number of ether oxygens (including phenoxy) is 1. The first-order chi connectivity index (χ1) is 9.31. The Kier molecular flexibility index (Phi) is 6.58. The number of carbonyl (C=O) groups excluding carboxylic acids is 3. The molecule has 0 radical (unpaired) electrons. The predicted molar refractivity (Wildman–Crippen MR) is 82.6 cm³/mol. The Morgan fingerprint density at radius 3 is 2.45 bits per heavy atom. The van der Waals surface area contributed by atoms with Crippen LogP contribution in [0.3, 0.4) is 0 Å². The maximum absolute atomic E-state index is 12.0. The van der Waals surface area contributed by atoms with Gasteiger partial charge < -0.3 is 4.74 Å². The van der Waals surface area contributed by atoms with E-state index in [-0.39, 0.29) is 21.9 Å². The summed E-state index contributed by atoms with van der Waals surface area (Å²) in [5.41, 5.74) is -0.463. The lowest BCUT2D eigenvalue weighted by molar-refractivity contribution is -0.142.